The number of anilines is 1. The quantitative estimate of drug-likeness (QED) is 0.686. The third-order valence-corrected chi connectivity index (χ3v) is 4.89. The van der Waals surface area contributed by atoms with Gasteiger partial charge in [0.25, 0.3) is 0 Å². The van der Waals surface area contributed by atoms with E-state index >= 15 is 0 Å². The molecule has 27 heavy (non-hydrogen) atoms. The van der Waals surface area contributed by atoms with Gasteiger partial charge >= 0.3 is 0 Å². The summed E-state index contributed by atoms with van der Waals surface area (Å²) in [6.07, 6.45) is 0. The number of aromatic nitrogens is 1. The van der Waals surface area contributed by atoms with Crippen LogP contribution in [0.4, 0.5) is 10.1 Å². The number of hydrogen-bond donors (Lipinski definition) is 0. The molecule has 0 saturated carbocycles. The predicted molar refractivity (Wildman–Crippen MR) is 102 cm³/mol. The molecular weight excluding hydrogens is 345 g/mol. The molecular formula is C21H22FN3O2. The molecule has 1 fully saturated rings. The van der Waals surface area contributed by atoms with Gasteiger partial charge in [-0.3, -0.25) is 4.90 Å². The van der Waals surface area contributed by atoms with Crippen molar-refractivity contribution in [1.29, 1.82) is 0 Å². The van der Waals surface area contributed by atoms with Gasteiger partial charge in [0.15, 0.2) is 5.76 Å². The fourth-order valence-electron chi connectivity index (χ4n) is 3.36. The molecule has 0 amide bonds. The molecule has 0 unspecified atom stereocenters. The van der Waals surface area contributed by atoms with E-state index in [1.54, 1.807) is 13.2 Å². The van der Waals surface area contributed by atoms with E-state index in [2.05, 4.69) is 15.0 Å². The number of methoxy groups -OCH3 is 1. The molecule has 2 aromatic carbocycles. The molecule has 1 aromatic heterocycles. The smallest absolute Gasteiger partial charge is 0.151 e. The molecule has 1 saturated heterocycles. The van der Waals surface area contributed by atoms with Gasteiger partial charge in [0.05, 0.1) is 19.3 Å². The Hall–Kier alpha value is -2.86. The van der Waals surface area contributed by atoms with Crippen molar-refractivity contribution in [2.75, 3.05) is 38.2 Å². The van der Waals surface area contributed by atoms with E-state index in [9.17, 15) is 4.39 Å². The van der Waals surface area contributed by atoms with Crippen LogP contribution in [0, 0.1) is 5.82 Å². The number of ether oxygens (including phenoxy) is 1. The van der Waals surface area contributed by atoms with Crippen LogP contribution in [0.3, 0.4) is 0 Å². The lowest BCUT2D eigenvalue weighted by Gasteiger charge is -2.35. The summed E-state index contributed by atoms with van der Waals surface area (Å²) in [7, 11) is 1.65. The van der Waals surface area contributed by atoms with Crippen LogP contribution in [0.2, 0.25) is 0 Å². The van der Waals surface area contributed by atoms with Crippen molar-refractivity contribution in [3.63, 3.8) is 0 Å². The molecule has 4 rings (SSSR count). The maximum atomic E-state index is 13.9. The highest BCUT2D eigenvalue weighted by Crippen LogP contribution is 2.24. The molecule has 0 aliphatic carbocycles. The lowest BCUT2D eigenvalue weighted by molar-refractivity contribution is 0.219. The first-order chi connectivity index (χ1) is 13.2. The van der Waals surface area contributed by atoms with Crippen LogP contribution in [0.15, 0.2) is 59.1 Å². The van der Waals surface area contributed by atoms with Crippen molar-refractivity contribution in [2.45, 2.75) is 6.54 Å². The molecule has 140 valence electrons. The number of hydrogen-bond acceptors (Lipinski definition) is 5. The molecule has 3 aromatic rings. The summed E-state index contributed by atoms with van der Waals surface area (Å²) in [6.45, 7) is 3.99. The number of rotatable bonds is 5. The minimum Gasteiger partial charge on any atom is -0.497 e. The molecule has 0 N–H and O–H groups in total. The SMILES string of the molecule is COc1ccc(-c2cc(CN3CCN(c4ccccc4F)CC3)on2)cc1. The molecule has 0 bridgehead atoms. The topological polar surface area (TPSA) is 41.7 Å². The molecule has 1 aliphatic rings. The van der Waals surface area contributed by atoms with Crippen LogP contribution in [0.5, 0.6) is 5.75 Å². The normalized spacial score (nSPS) is 15.1. The van der Waals surface area contributed by atoms with Crippen LogP contribution in [-0.4, -0.2) is 43.3 Å². The van der Waals surface area contributed by atoms with Crippen molar-refractivity contribution >= 4 is 5.69 Å². The Kier molecular flexibility index (Phi) is 5.07. The number of halogens is 1. The van der Waals surface area contributed by atoms with Gasteiger partial charge in [-0.1, -0.05) is 17.3 Å². The van der Waals surface area contributed by atoms with Gasteiger partial charge in [-0.25, -0.2) is 4.39 Å². The minimum absolute atomic E-state index is 0.162. The summed E-state index contributed by atoms with van der Waals surface area (Å²) in [5.74, 6) is 1.49. The Morgan fingerprint density at radius 1 is 1.04 bits per heavy atom. The standard InChI is InChI=1S/C21H22FN3O2/c1-26-17-8-6-16(7-9-17)20-14-18(27-23-20)15-24-10-12-25(13-11-24)21-5-3-2-4-19(21)22/h2-9,14H,10-13,15H2,1H3. The average Bonchev–Trinajstić information content (AvgIpc) is 3.18. The maximum absolute atomic E-state index is 13.9. The van der Waals surface area contributed by atoms with E-state index in [-0.39, 0.29) is 5.82 Å². The third-order valence-electron chi connectivity index (χ3n) is 4.89. The zero-order chi connectivity index (χ0) is 18.6. The highest BCUT2D eigenvalue weighted by Gasteiger charge is 2.20. The second-order valence-corrected chi connectivity index (χ2v) is 6.62. The van der Waals surface area contributed by atoms with Crippen LogP contribution < -0.4 is 9.64 Å². The van der Waals surface area contributed by atoms with Gasteiger partial charge in [0.2, 0.25) is 0 Å². The van der Waals surface area contributed by atoms with Crippen LogP contribution >= 0.6 is 0 Å². The minimum atomic E-state index is -0.162. The summed E-state index contributed by atoms with van der Waals surface area (Å²) in [6, 6.07) is 16.7. The number of benzene rings is 2. The number of para-hydroxylation sites is 1. The summed E-state index contributed by atoms with van der Waals surface area (Å²) >= 11 is 0. The first kappa shape index (κ1) is 17.5. The van der Waals surface area contributed by atoms with Crippen molar-refractivity contribution in [2.24, 2.45) is 0 Å². The van der Waals surface area contributed by atoms with Crippen LogP contribution in [-0.2, 0) is 6.54 Å². The monoisotopic (exact) mass is 367 g/mol. The lowest BCUT2D eigenvalue weighted by Crippen LogP contribution is -2.46. The highest BCUT2D eigenvalue weighted by atomic mass is 19.1. The predicted octanol–water partition coefficient (Wildman–Crippen LogP) is 3.81. The molecule has 0 spiro atoms. The van der Waals surface area contributed by atoms with Gasteiger partial charge in [-0.2, -0.15) is 0 Å². The number of nitrogens with zero attached hydrogens (tertiary/aromatic N) is 3. The third kappa shape index (κ3) is 3.95. The highest BCUT2D eigenvalue weighted by molar-refractivity contribution is 5.59. The Bertz CT molecular complexity index is 886. The van der Waals surface area contributed by atoms with E-state index in [0.29, 0.717) is 12.2 Å². The fraction of sp³-hybridized carbons (Fsp3) is 0.286. The first-order valence-electron chi connectivity index (χ1n) is 9.05. The average molecular weight is 367 g/mol. The summed E-state index contributed by atoms with van der Waals surface area (Å²) in [5.41, 5.74) is 2.49. The molecule has 2 heterocycles. The maximum Gasteiger partial charge on any atom is 0.151 e. The van der Waals surface area contributed by atoms with E-state index < -0.39 is 0 Å². The Morgan fingerprint density at radius 3 is 2.48 bits per heavy atom. The zero-order valence-corrected chi connectivity index (χ0v) is 15.3. The van der Waals surface area contributed by atoms with Crippen molar-refractivity contribution in [1.82, 2.24) is 10.1 Å². The lowest BCUT2D eigenvalue weighted by atomic mass is 10.1. The second-order valence-electron chi connectivity index (χ2n) is 6.62. The zero-order valence-electron chi connectivity index (χ0n) is 15.3. The first-order valence-corrected chi connectivity index (χ1v) is 9.05. The summed E-state index contributed by atoms with van der Waals surface area (Å²) in [5, 5.41) is 4.18. The van der Waals surface area contributed by atoms with Crippen LogP contribution in [0.1, 0.15) is 5.76 Å². The summed E-state index contributed by atoms with van der Waals surface area (Å²) < 4.78 is 24.6. The Labute approximate surface area is 157 Å². The van der Waals surface area contributed by atoms with E-state index in [0.717, 1.165) is 48.9 Å². The molecule has 1 aliphatic heterocycles. The van der Waals surface area contributed by atoms with Gasteiger partial charge in [0.1, 0.15) is 17.3 Å². The van der Waals surface area contributed by atoms with Gasteiger partial charge < -0.3 is 14.2 Å². The summed E-state index contributed by atoms with van der Waals surface area (Å²) in [4.78, 5) is 4.39. The number of piperazine rings is 1. The van der Waals surface area contributed by atoms with Crippen molar-refractivity contribution in [3.05, 3.63) is 66.2 Å². The van der Waals surface area contributed by atoms with Crippen molar-refractivity contribution < 1.29 is 13.7 Å². The second kappa shape index (κ2) is 7.80. The Morgan fingerprint density at radius 2 is 1.78 bits per heavy atom. The largest absolute Gasteiger partial charge is 0.497 e. The Balaban J connectivity index is 1.35. The van der Waals surface area contributed by atoms with Gasteiger partial charge in [-0.15, -0.1) is 0 Å². The van der Waals surface area contributed by atoms with E-state index in [1.165, 1.54) is 6.07 Å². The fourth-order valence-corrected chi connectivity index (χ4v) is 3.36. The molecule has 5 nitrogen and oxygen atoms in total. The van der Waals surface area contributed by atoms with Crippen LogP contribution in [0.25, 0.3) is 11.3 Å². The van der Waals surface area contributed by atoms with Crippen molar-refractivity contribution in [3.8, 4) is 17.0 Å². The molecule has 0 atom stereocenters. The van der Waals surface area contributed by atoms with Gasteiger partial charge in [-0.05, 0) is 36.4 Å². The van der Waals surface area contributed by atoms with Gasteiger partial charge in [0, 0.05) is 37.8 Å². The molecule has 0 radical (unpaired) electrons. The van der Waals surface area contributed by atoms with E-state index in [4.69, 9.17) is 9.26 Å². The van der Waals surface area contributed by atoms with E-state index in [1.807, 2.05) is 42.5 Å². The molecule has 6 heteroatoms.